The SMILES string of the molecule is Oc1c(F)ncc(F)c1C(F)F. The topological polar surface area (TPSA) is 33.1 Å². The van der Waals surface area contributed by atoms with Gasteiger partial charge in [-0.25, -0.2) is 18.2 Å². The number of nitrogens with zero attached hydrogens (tertiary/aromatic N) is 1. The second-order valence-electron chi connectivity index (χ2n) is 1.96. The van der Waals surface area contributed by atoms with Crippen molar-refractivity contribution >= 4 is 0 Å². The summed E-state index contributed by atoms with van der Waals surface area (Å²) in [5.74, 6) is -4.37. The summed E-state index contributed by atoms with van der Waals surface area (Å²) in [7, 11) is 0. The molecule has 1 aromatic heterocycles. The maximum atomic E-state index is 12.4. The van der Waals surface area contributed by atoms with E-state index >= 15 is 0 Å². The van der Waals surface area contributed by atoms with Crippen molar-refractivity contribution in [3.05, 3.63) is 23.5 Å². The van der Waals surface area contributed by atoms with Crippen molar-refractivity contribution in [1.82, 2.24) is 4.98 Å². The van der Waals surface area contributed by atoms with Crippen molar-refractivity contribution in [1.29, 1.82) is 0 Å². The summed E-state index contributed by atoms with van der Waals surface area (Å²) in [6, 6.07) is 0. The Hall–Kier alpha value is -1.33. The minimum atomic E-state index is -3.26. The van der Waals surface area contributed by atoms with Crippen molar-refractivity contribution in [2.75, 3.05) is 0 Å². The van der Waals surface area contributed by atoms with Crippen LogP contribution in [0.25, 0.3) is 0 Å². The van der Waals surface area contributed by atoms with Gasteiger partial charge in [-0.05, 0) is 0 Å². The smallest absolute Gasteiger partial charge is 0.270 e. The van der Waals surface area contributed by atoms with Crippen molar-refractivity contribution < 1.29 is 22.7 Å². The first-order valence-corrected chi connectivity index (χ1v) is 2.85. The molecule has 0 unspecified atom stereocenters. The number of alkyl halides is 2. The second kappa shape index (κ2) is 2.96. The van der Waals surface area contributed by atoms with Crippen LogP contribution >= 0.6 is 0 Å². The Labute approximate surface area is 64.5 Å². The highest BCUT2D eigenvalue weighted by Gasteiger charge is 2.21. The van der Waals surface area contributed by atoms with E-state index in [1.54, 1.807) is 0 Å². The summed E-state index contributed by atoms with van der Waals surface area (Å²) >= 11 is 0. The zero-order chi connectivity index (χ0) is 9.30. The standard InChI is InChI=1S/C6H3F4NO/c7-2-1-11-6(10)4(12)3(2)5(8)9/h1,5,12H. The average molecular weight is 181 g/mol. The van der Waals surface area contributed by atoms with Crippen molar-refractivity contribution in [2.24, 2.45) is 0 Å². The zero-order valence-electron chi connectivity index (χ0n) is 5.56. The number of rotatable bonds is 1. The van der Waals surface area contributed by atoms with Crippen LogP contribution < -0.4 is 0 Å². The average Bonchev–Trinajstić information content (AvgIpc) is 1.97. The molecule has 0 radical (unpaired) electrons. The predicted molar refractivity (Wildman–Crippen MR) is 30.8 cm³/mol. The fourth-order valence-electron chi connectivity index (χ4n) is 0.676. The van der Waals surface area contributed by atoms with E-state index in [-0.39, 0.29) is 6.20 Å². The molecule has 2 nitrogen and oxygen atoms in total. The van der Waals surface area contributed by atoms with E-state index in [1.165, 1.54) is 0 Å². The number of aromatic hydroxyl groups is 1. The van der Waals surface area contributed by atoms with E-state index < -0.39 is 29.5 Å². The molecule has 0 saturated heterocycles. The Balaban J connectivity index is 3.33. The van der Waals surface area contributed by atoms with Crippen molar-refractivity contribution in [2.45, 2.75) is 6.43 Å². The molecule has 0 atom stereocenters. The summed E-state index contributed by atoms with van der Waals surface area (Å²) in [4.78, 5) is 2.70. The highest BCUT2D eigenvalue weighted by atomic mass is 19.3. The Kier molecular flexibility index (Phi) is 2.16. The highest BCUT2D eigenvalue weighted by molar-refractivity contribution is 5.31. The summed E-state index contributed by atoms with van der Waals surface area (Å²) < 4.78 is 48.4. The van der Waals surface area contributed by atoms with Crippen LogP contribution in [0.1, 0.15) is 12.0 Å². The summed E-state index contributed by atoms with van der Waals surface area (Å²) in [5.41, 5.74) is -1.36. The third kappa shape index (κ3) is 1.32. The molecule has 0 amide bonds. The number of halogens is 4. The molecule has 0 spiro atoms. The molecule has 1 aromatic rings. The highest BCUT2D eigenvalue weighted by Crippen LogP contribution is 2.31. The molecule has 0 aliphatic rings. The Morgan fingerprint density at radius 1 is 1.33 bits per heavy atom. The lowest BCUT2D eigenvalue weighted by Gasteiger charge is -2.03. The molecular weight excluding hydrogens is 178 g/mol. The summed E-state index contributed by atoms with van der Waals surface area (Å²) in [6.07, 6.45) is -2.97. The lowest BCUT2D eigenvalue weighted by atomic mass is 10.2. The maximum absolute atomic E-state index is 12.4. The van der Waals surface area contributed by atoms with E-state index in [9.17, 15) is 17.6 Å². The molecule has 0 aromatic carbocycles. The summed E-state index contributed by atoms with van der Waals surface area (Å²) in [5, 5.41) is 8.59. The van der Waals surface area contributed by atoms with Crippen LogP contribution in [-0.2, 0) is 0 Å². The molecule has 6 heteroatoms. The van der Waals surface area contributed by atoms with E-state index in [2.05, 4.69) is 4.98 Å². The number of aromatic nitrogens is 1. The van der Waals surface area contributed by atoms with Crippen LogP contribution in [0.15, 0.2) is 6.20 Å². The van der Waals surface area contributed by atoms with Crippen LogP contribution in [0.3, 0.4) is 0 Å². The molecule has 0 aliphatic heterocycles. The third-order valence-corrected chi connectivity index (χ3v) is 1.22. The van der Waals surface area contributed by atoms with Gasteiger partial charge in [-0.1, -0.05) is 0 Å². The Morgan fingerprint density at radius 2 is 1.92 bits per heavy atom. The van der Waals surface area contributed by atoms with Gasteiger partial charge in [0.2, 0.25) is 0 Å². The van der Waals surface area contributed by atoms with Gasteiger partial charge in [0.25, 0.3) is 12.4 Å². The van der Waals surface area contributed by atoms with Gasteiger partial charge in [-0.3, -0.25) is 0 Å². The predicted octanol–water partition coefficient (Wildman–Crippen LogP) is 2.00. The van der Waals surface area contributed by atoms with Gasteiger partial charge >= 0.3 is 0 Å². The minimum absolute atomic E-state index is 0.288. The first-order valence-electron chi connectivity index (χ1n) is 2.85. The van der Waals surface area contributed by atoms with Crippen molar-refractivity contribution in [3.8, 4) is 5.75 Å². The van der Waals surface area contributed by atoms with E-state index in [1.807, 2.05) is 0 Å². The fraction of sp³-hybridized carbons (Fsp3) is 0.167. The second-order valence-corrected chi connectivity index (χ2v) is 1.96. The van der Waals surface area contributed by atoms with E-state index in [0.29, 0.717) is 0 Å². The van der Waals surface area contributed by atoms with Crippen molar-refractivity contribution in [3.63, 3.8) is 0 Å². The number of hydrogen-bond donors (Lipinski definition) is 1. The van der Waals surface area contributed by atoms with Crippen LogP contribution in [0, 0.1) is 11.8 Å². The Morgan fingerprint density at radius 3 is 2.33 bits per heavy atom. The molecular formula is C6H3F4NO. The zero-order valence-corrected chi connectivity index (χ0v) is 5.56. The van der Waals surface area contributed by atoms with Crippen LogP contribution in [0.5, 0.6) is 5.75 Å². The molecule has 0 saturated carbocycles. The molecule has 1 heterocycles. The normalized spacial score (nSPS) is 10.8. The summed E-state index contributed by atoms with van der Waals surface area (Å²) in [6.45, 7) is 0. The fourth-order valence-corrected chi connectivity index (χ4v) is 0.676. The van der Waals surface area contributed by atoms with Crippen LogP contribution in [0.2, 0.25) is 0 Å². The first kappa shape index (κ1) is 8.76. The van der Waals surface area contributed by atoms with E-state index in [0.717, 1.165) is 0 Å². The molecule has 0 bridgehead atoms. The van der Waals surface area contributed by atoms with Crippen LogP contribution in [-0.4, -0.2) is 10.1 Å². The van der Waals surface area contributed by atoms with Gasteiger partial charge in [-0.15, -0.1) is 0 Å². The molecule has 1 N–H and O–H groups in total. The number of pyridine rings is 1. The molecule has 0 fully saturated rings. The first-order chi connectivity index (χ1) is 5.54. The molecule has 0 aliphatic carbocycles. The quantitative estimate of drug-likeness (QED) is 0.531. The van der Waals surface area contributed by atoms with Gasteiger partial charge in [-0.2, -0.15) is 4.39 Å². The van der Waals surface area contributed by atoms with Gasteiger partial charge < -0.3 is 5.11 Å². The van der Waals surface area contributed by atoms with E-state index in [4.69, 9.17) is 5.11 Å². The largest absolute Gasteiger partial charge is 0.503 e. The molecule has 1 rings (SSSR count). The maximum Gasteiger partial charge on any atom is 0.270 e. The van der Waals surface area contributed by atoms with Gasteiger partial charge in [0.05, 0.1) is 6.20 Å². The van der Waals surface area contributed by atoms with Gasteiger partial charge in [0.1, 0.15) is 5.56 Å². The Bertz CT molecular complexity index is 302. The molecule has 12 heavy (non-hydrogen) atoms. The minimum Gasteiger partial charge on any atom is -0.503 e. The third-order valence-electron chi connectivity index (χ3n) is 1.22. The number of hydrogen-bond acceptors (Lipinski definition) is 2. The van der Waals surface area contributed by atoms with Gasteiger partial charge in [0.15, 0.2) is 11.6 Å². The van der Waals surface area contributed by atoms with Gasteiger partial charge in [0, 0.05) is 0 Å². The van der Waals surface area contributed by atoms with Crippen LogP contribution in [0.4, 0.5) is 17.6 Å². The lowest BCUT2D eigenvalue weighted by molar-refractivity contribution is 0.140. The monoisotopic (exact) mass is 181 g/mol. The molecule has 66 valence electrons. The lowest BCUT2D eigenvalue weighted by Crippen LogP contribution is -1.96.